The minimum atomic E-state index is -0.402. The van der Waals surface area contributed by atoms with Crippen LogP contribution in [0.15, 0.2) is 5.16 Å². The van der Waals surface area contributed by atoms with E-state index in [4.69, 9.17) is 10.9 Å². The van der Waals surface area contributed by atoms with E-state index in [2.05, 4.69) is 5.16 Å². The third kappa shape index (κ3) is 4.08. The summed E-state index contributed by atoms with van der Waals surface area (Å²) in [7, 11) is 0. The highest BCUT2D eigenvalue weighted by Crippen LogP contribution is 2.18. The maximum atomic E-state index is 12.0. The van der Waals surface area contributed by atoms with Gasteiger partial charge in [0.05, 0.1) is 0 Å². The number of carbonyl (C=O) groups is 1. The van der Waals surface area contributed by atoms with Crippen LogP contribution in [0.3, 0.4) is 0 Å². The Morgan fingerprint density at radius 1 is 1.50 bits per heavy atom. The van der Waals surface area contributed by atoms with E-state index in [1.807, 2.05) is 34.6 Å². The van der Waals surface area contributed by atoms with E-state index >= 15 is 0 Å². The lowest BCUT2D eigenvalue weighted by Crippen LogP contribution is -2.43. The predicted octanol–water partition coefficient (Wildman–Crippen LogP) is 1.26. The second-order valence-corrected chi connectivity index (χ2v) is 5.02. The first-order chi connectivity index (χ1) is 7.23. The van der Waals surface area contributed by atoms with Crippen LogP contribution in [0.5, 0.6) is 0 Å². The summed E-state index contributed by atoms with van der Waals surface area (Å²) in [5.41, 5.74) is 5.09. The van der Waals surface area contributed by atoms with Crippen molar-refractivity contribution in [2.45, 2.75) is 34.6 Å². The van der Waals surface area contributed by atoms with Gasteiger partial charge >= 0.3 is 0 Å². The summed E-state index contributed by atoms with van der Waals surface area (Å²) in [4.78, 5) is 13.7. The lowest BCUT2D eigenvalue weighted by molar-refractivity contribution is -0.139. The van der Waals surface area contributed by atoms with E-state index in [0.29, 0.717) is 13.1 Å². The molecule has 0 rings (SSSR count). The lowest BCUT2D eigenvalue weighted by atomic mass is 9.94. The molecule has 0 aromatic heterocycles. The van der Waals surface area contributed by atoms with Crippen molar-refractivity contribution < 1.29 is 10.0 Å². The van der Waals surface area contributed by atoms with Crippen molar-refractivity contribution in [3.8, 4) is 0 Å². The Morgan fingerprint density at radius 3 is 2.31 bits per heavy atom. The Kier molecular flexibility index (Phi) is 5.27. The van der Waals surface area contributed by atoms with Crippen LogP contribution in [-0.2, 0) is 4.79 Å². The van der Waals surface area contributed by atoms with Gasteiger partial charge in [0.2, 0.25) is 5.91 Å². The van der Waals surface area contributed by atoms with Crippen molar-refractivity contribution in [3.63, 3.8) is 0 Å². The largest absolute Gasteiger partial charge is 0.409 e. The number of hydrogen-bond acceptors (Lipinski definition) is 3. The van der Waals surface area contributed by atoms with Crippen LogP contribution in [0.4, 0.5) is 0 Å². The lowest BCUT2D eigenvalue weighted by Gasteiger charge is -2.30. The summed E-state index contributed by atoms with van der Waals surface area (Å²) in [6.45, 7) is 10.5. The van der Waals surface area contributed by atoms with Gasteiger partial charge in [-0.25, -0.2) is 0 Å². The molecule has 94 valence electrons. The molecule has 1 amide bonds. The fraction of sp³-hybridized carbons (Fsp3) is 0.818. The zero-order valence-corrected chi connectivity index (χ0v) is 10.8. The number of nitrogens with zero attached hydrogens (tertiary/aromatic N) is 2. The molecule has 0 spiro atoms. The molecule has 0 aliphatic rings. The van der Waals surface area contributed by atoms with Gasteiger partial charge in [-0.1, -0.05) is 32.9 Å². The third-order valence-electron chi connectivity index (χ3n) is 2.43. The van der Waals surface area contributed by atoms with Gasteiger partial charge in [0, 0.05) is 24.4 Å². The van der Waals surface area contributed by atoms with Crippen LogP contribution in [-0.4, -0.2) is 34.9 Å². The number of hydrogen-bond donors (Lipinski definition) is 2. The molecular formula is C11H23N3O2. The van der Waals surface area contributed by atoms with Crippen molar-refractivity contribution in [1.82, 2.24) is 4.90 Å². The van der Waals surface area contributed by atoms with E-state index in [-0.39, 0.29) is 17.7 Å². The molecule has 0 saturated carbocycles. The Hall–Kier alpha value is -1.26. The SMILES string of the molecule is CCN(CC(C)C(N)=NO)C(=O)C(C)(C)C. The Morgan fingerprint density at radius 2 is 2.00 bits per heavy atom. The number of nitrogens with two attached hydrogens (primary N) is 1. The maximum Gasteiger partial charge on any atom is 0.227 e. The molecule has 3 N–H and O–H groups in total. The quantitative estimate of drug-likeness (QED) is 0.330. The van der Waals surface area contributed by atoms with Crippen molar-refractivity contribution in [2.75, 3.05) is 13.1 Å². The van der Waals surface area contributed by atoms with Crippen molar-refractivity contribution in [2.24, 2.45) is 22.2 Å². The monoisotopic (exact) mass is 229 g/mol. The number of rotatable bonds is 4. The van der Waals surface area contributed by atoms with E-state index in [1.54, 1.807) is 4.90 Å². The van der Waals surface area contributed by atoms with Crippen molar-refractivity contribution in [1.29, 1.82) is 0 Å². The normalized spacial score (nSPS) is 14.7. The van der Waals surface area contributed by atoms with Crippen molar-refractivity contribution in [3.05, 3.63) is 0 Å². The Bertz CT molecular complexity index is 269. The summed E-state index contributed by atoms with van der Waals surface area (Å²) < 4.78 is 0. The highest BCUT2D eigenvalue weighted by atomic mass is 16.4. The van der Waals surface area contributed by atoms with Crippen LogP contribution < -0.4 is 5.73 Å². The molecule has 0 aromatic rings. The molecule has 1 atom stereocenters. The van der Waals surface area contributed by atoms with Gasteiger partial charge < -0.3 is 15.8 Å². The molecule has 0 aromatic carbocycles. The molecular weight excluding hydrogens is 206 g/mol. The van der Waals surface area contributed by atoms with Gasteiger partial charge in [0.1, 0.15) is 5.84 Å². The van der Waals surface area contributed by atoms with Gasteiger partial charge in [-0.15, -0.1) is 0 Å². The van der Waals surface area contributed by atoms with Gasteiger partial charge in [0.25, 0.3) is 0 Å². The molecule has 0 fully saturated rings. The second-order valence-electron chi connectivity index (χ2n) is 5.02. The van der Waals surface area contributed by atoms with Crippen LogP contribution in [0, 0.1) is 11.3 Å². The first-order valence-corrected chi connectivity index (χ1v) is 5.50. The summed E-state index contributed by atoms with van der Waals surface area (Å²) in [6.07, 6.45) is 0. The minimum Gasteiger partial charge on any atom is -0.409 e. The molecule has 1 unspecified atom stereocenters. The zero-order chi connectivity index (χ0) is 12.9. The molecule has 0 heterocycles. The summed E-state index contributed by atoms with van der Waals surface area (Å²) in [6, 6.07) is 0. The van der Waals surface area contributed by atoms with E-state index in [9.17, 15) is 4.79 Å². The molecule has 0 radical (unpaired) electrons. The number of amidine groups is 1. The fourth-order valence-electron chi connectivity index (χ4n) is 1.35. The van der Waals surface area contributed by atoms with Crippen LogP contribution in [0.2, 0.25) is 0 Å². The van der Waals surface area contributed by atoms with Crippen molar-refractivity contribution >= 4 is 11.7 Å². The molecule has 5 heteroatoms. The molecule has 0 bridgehead atoms. The molecule has 0 aliphatic heterocycles. The third-order valence-corrected chi connectivity index (χ3v) is 2.43. The fourth-order valence-corrected chi connectivity index (χ4v) is 1.35. The number of oxime groups is 1. The van der Waals surface area contributed by atoms with Gasteiger partial charge in [-0.05, 0) is 6.92 Å². The average Bonchev–Trinajstić information content (AvgIpc) is 2.21. The Labute approximate surface area is 97.3 Å². The second kappa shape index (κ2) is 5.72. The average molecular weight is 229 g/mol. The smallest absolute Gasteiger partial charge is 0.227 e. The highest BCUT2D eigenvalue weighted by Gasteiger charge is 2.27. The number of amides is 1. The first kappa shape index (κ1) is 14.7. The zero-order valence-electron chi connectivity index (χ0n) is 10.8. The summed E-state index contributed by atoms with van der Waals surface area (Å²) in [5.74, 6) is 0.0870. The van der Waals surface area contributed by atoms with Gasteiger partial charge in [-0.3, -0.25) is 4.79 Å². The van der Waals surface area contributed by atoms with E-state index in [0.717, 1.165) is 0 Å². The first-order valence-electron chi connectivity index (χ1n) is 5.50. The van der Waals surface area contributed by atoms with E-state index in [1.165, 1.54) is 0 Å². The standard InChI is InChI=1S/C11H23N3O2/c1-6-14(10(15)11(3,4)5)7-8(2)9(12)13-16/h8,16H,6-7H2,1-5H3,(H2,12,13). The minimum absolute atomic E-state index is 0.0765. The van der Waals surface area contributed by atoms with Crippen LogP contribution in [0.25, 0.3) is 0 Å². The molecule has 0 aliphatic carbocycles. The summed E-state index contributed by atoms with van der Waals surface area (Å²) >= 11 is 0. The van der Waals surface area contributed by atoms with E-state index < -0.39 is 5.41 Å². The van der Waals surface area contributed by atoms with Crippen LogP contribution >= 0.6 is 0 Å². The molecule has 16 heavy (non-hydrogen) atoms. The molecule has 5 nitrogen and oxygen atoms in total. The van der Waals surface area contributed by atoms with Crippen LogP contribution in [0.1, 0.15) is 34.6 Å². The maximum absolute atomic E-state index is 12.0. The highest BCUT2D eigenvalue weighted by molar-refractivity contribution is 5.84. The van der Waals surface area contributed by atoms with Gasteiger partial charge in [-0.2, -0.15) is 0 Å². The predicted molar refractivity (Wildman–Crippen MR) is 64.3 cm³/mol. The summed E-state index contributed by atoms with van der Waals surface area (Å²) in [5, 5.41) is 11.5. The molecule has 0 saturated heterocycles. The Balaban J connectivity index is 4.60. The van der Waals surface area contributed by atoms with Gasteiger partial charge in [0.15, 0.2) is 0 Å². The topological polar surface area (TPSA) is 78.9 Å². The number of carbonyl (C=O) groups excluding carboxylic acids is 1.